The molecule has 0 aliphatic carbocycles. The minimum Gasteiger partial charge on any atom is -0.507 e. The van der Waals surface area contributed by atoms with Crippen LogP contribution in [-0.2, 0) is 22.6 Å². The Kier molecular flexibility index (Phi) is 5.27. The standard InChI is InChI=1S/C25H22N2O4S/c1-15-8-11-32-24(15)21-20(22(28)18-6-7-19-17(12-18)5-3-10-31-19)23(29)25(30)27(21)14-16-4-2-9-26-13-16/h2,4,6-9,11-13,21,28H,3,5,10,14H2,1H3/b22-20-. The lowest BCUT2D eigenvalue weighted by atomic mass is 9.96. The molecule has 7 heteroatoms. The van der Waals surface area contributed by atoms with Gasteiger partial charge in [0.1, 0.15) is 17.6 Å². The van der Waals surface area contributed by atoms with Gasteiger partial charge in [-0.3, -0.25) is 14.6 Å². The summed E-state index contributed by atoms with van der Waals surface area (Å²) >= 11 is 1.48. The van der Waals surface area contributed by atoms with Crippen LogP contribution in [0.5, 0.6) is 5.75 Å². The van der Waals surface area contributed by atoms with Crippen molar-refractivity contribution >= 4 is 28.8 Å². The number of thiophene rings is 1. The SMILES string of the molecule is Cc1ccsc1C1/C(=C(/O)c2ccc3c(c2)CCCO3)C(=O)C(=O)N1Cc1cccnc1. The second kappa shape index (κ2) is 8.24. The van der Waals surface area contributed by atoms with E-state index in [4.69, 9.17) is 4.74 Å². The first kappa shape index (κ1) is 20.5. The average Bonchev–Trinajstić information content (AvgIpc) is 3.34. The van der Waals surface area contributed by atoms with Gasteiger partial charge in [0.25, 0.3) is 11.7 Å². The fraction of sp³-hybridized carbons (Fsp3) is 0.240. The molecule has 5 rings (SSSR count). The predicted molar refractivity (Wildman–Crippen MR) is 121 cm³/mol. The molecule has 1 saturated heterocycles. The fourth-order valence-corrected chi connectivity index (χ4v) is 5.38. The van der Waals surface area contributed by atoms with E-state index in [2.05, 4.69) is 4.98 Å². The Hall–Kier alpha value is -3.45. The number of ether oxygens (including phenoxy) is 1. The lowest BCUT2D eigenvalue weighted by Gasteiger charge is -2.25. The zero-order valence-corrected chi connectivity index (χ0v) is 18.4. The molecule has 0 spiro atoms. The maximum Gasteiger partial charge on any atom is 0.295 e. The van der Waals surface area contributed by atoms with Crippen LogP contribution < -0.4 is 4.74 Å². The second-order valence-electron chi connectivity index (χ2n) is 8.03. The normalized spacial score (nSPS) is 19.7. The van der Waals surface area contributed by atoms with Crippen molar-refractivity contribution in [1.29, 1.82) is 0 Å². The van der Waals surface area contributed by atoms with E-state index >= 15 is 0 Å². The number of hydrogen-bond acceptors (Lipinski definition) is 6. The van der Waals surface area contributed by atoms with Crippen molar-refractivity contribution in [3.05, 3.63) is 86.9 Å². The molecule has 0 saturated carbocycles. The first-order chi connectivity index (χ1) is 15.5. The van der Waals surface area contributed by atoms with Crippen LogP contribution in [0.4, 0.5) is 0 Å². The van der Waals surface area contributed by atoms with Gasteiger partial charge in [0.2, 0.25) is 0 Å². The van der Waals surface area contributed by atoms with E-state index in [9.17, 15) is 14.7 Å². The Labute approximate surface area is 189 Å². The Morgan fingerprint density at radius 1 is 1.28 bits per heavy atom. The number of hydrogen-bond donors (Lipinski definition) is 1. The summed E-state index contributed by atoms with van der Waals surface area (Å²) in [7, 11) is 0. The number of fused-ring (bicyclic) bond motifs is 1. The highest BCUT2D eigenvalue weighted by Gasteiger charge is 2.47. The zero-order chi connectivity index (χ0) is 22.2. The lowest BCUT2D eigenvalue weighted by Crippen LogP contribution is -2.29. The number of benzene rings is 1. The van der Waals surface area contributed by atoms with Crippen LogP contribution in [0.25, 0.3) is 5.76 Å². The van der Waals surface area contributed by atoms with Crippen LogP contribution >= 0.6 is 11.3 Å². The summed E-state index contributed by atoms with van der Waals surface area (Å²) in [4.78, 5) is 32.8. The molecule has 3 aromatic rings. The van der Waals surface area contributed by atoms with E-state index in [0.717, 1.165) is 40.2 Å². The van der Waals surface area contributed by atoms with Gasteiger partial charge in [-0.25, -0.2) is 0 Å². The highest BCUT2D eigenvalue weighted by atomic mass is 32.1. The van der Waals surface area contributed by atoms with Crippen molar-refractivity contribution < 1.29 is 19.4 Å². The monoisotopic (exact) mass is 446 g/mol. The lowest BCUT2D eigenvalue weighted by molar-refractivity contribution is -0.140. The van der Waals surface area contributed by atoms with Crippen molar-refractivity contribution in [2.24, 2.45) is 0 Å². The van der Waals surface area contributed by atoms with Gasteiger partial charge in [0.15, 0.2) is 0 Å². The van der Waals surface area contributed by atoms with E-state index < -0.39 is 17.7 Å². The Balaban J connectivity index is 1.63. The number of carbonyl (C=O) groups excluding carboxylic acids is 2. The summed E-state index contributed by atoms with van der Waals surface area (Å²) in [6, 6.07) is 10.4. The van der Waals surface area contributed by atoms with Crippen LogP contribution in [0, 0.1) is 6.92 Å². The van der Waals surface area contributed by atoms with Crippen LogP contribution in [0.2, 0.25) is 0 Å². The minimum atomic E-state index is -0.668. The summed E-state index contributed by atoms with van der Waals surface area (Å²) in [6.45, 7) is 2.86. The van der Waals surface area contributed by atoms with Crippen molar-refractivity contribution in [3.63, 3.8) is 0 Å². The number of aliphatic hydroxyl groups excluding tert-OH is 1. The van der Waals surface area contributed by atoms with E-state index in [1.807, 2.05) is 36.6 Å². The van der Waals surface area contributed by atoms with E-state index in [0.29, 0.717) is 12.2 Å². The number of nitrogens with zero attached hydrogens (tertiary/aromatic N) is 2. The van der Waals surface area contributed by atoms with Crippen molar-refractivity contribution in [3.8, 4) is 5.75 Å². The Bertz CT molecular complexity index is 1230. The number of Topliss-reactive ketones (excluding diaryl/α,β-unsaturated/α-hetero) is 1. The van der Waals surface area contributed by atoms with Gasteiger partial charge in [0, 0.05) is 29.4 Å². The van der Waals surface area contributed by atoms with Crippen molar-refractivity contribution in [1.82, 2.24) is 9.88 Å². The molecular formula is C25H22N2O4S. The summed E-state index contributed by atoms with van der Waals surface area (Å²) in [6.07, 6.45) is 5.10. The smallest absolute Gasteiger partial charge is 0.295 e. The molecule has 1 fully saturated rings. The molecule has 0 bridgehead atoms. The topological polar surface area (TPSA) is 79.7 Å². The molecule has 2 aliphatic rings. The summed E-state index contributed by atoms with van der Waals surface area (Å²) in [5.41, 5.74) is 3.44. The molecule has 1 amide bonds. The van der Waals surface area contributed by atoms with Gasteiger partial charge in [0.05, 0.1) is 12.2 Å². The van der Waals surface area contributed by atoms with Gasteiger partial charge >= 0.3 is 0 Å². The molecule has 1 unspecified atom stereocenters. The van der Waals surface area contributed by atoms with Crippen molar-refractivity contribution in [2.75, 3.05) is 6.61 Å². The quantitative estimate of drug-likeness (QED) is 0.365. The number of aryl methyl sites for hydroxylation is 2. The van der Waals surface area contributed by atoms with Gasteiger partial charge in [-0.2, -0.15) is 0 Å². The number of likely N-dealkylation sites (tertiary alicyclic amines) is 1. The van der Waals surface area contributed by atoms with Gasteiger partial charge in [-0.1, -0.05) is 6.07 Å². The van der Waals surface area contributed by atoms with Gasteiger partial charge < -0.3 is 14.7 Å². The minimum absolute atomic E-state index is 0.126. The number of pyridine rings is 1. The first-order valence-corrected chi connectivity index (χ1v) is 11.4. The third-order valence-electron chi connectivity index (χ3n) is 5.95. The van der Waals surface area contributed by atoms with Crippen LogP contribution in [0.15, 0.2) is 59.7 Å². The van der Waals surface area contributed by atoms with E-state index in [1.54, 1.807) is 24.5 Å². The Morgan fingerprint density at radius 2 is 2.16 bits per heavy atom. The first-order valence-electron chi connectivity index (χ1n) is 10.5. The molecule has 0 radical (unpaired) electrons. The van der Waals surface area contributed by atoms with Crippen LogP contribution in [0.1, 0.15) is 39.6 Å². The van der Waals surface area contributed by atoms with Crippen LogP contribution in [0.3, 0.4) is 0 Å². The second-order valence-corrected chi connectivity index (χ2v) is 8.98. The predicted octanol–water partition coefficient (Wildman–Crippen LogP) is 4.40. The molecule has 1 atom stereocenters. The molecule has 162 valence electrons. The number of ketones is 1. The fourth-order valence-electron chi connectivity index (χ4n) is 4.33. The zero-order valence-electron chi connectivity index (χ0n) is 17.6. The maximum atomic E-state index is 13.2. The maximum absolute atomic E-state index is 13.2. The molecule has 1 aromatic carbocycles. The summed E-state index contributed by atoms with van der Waals surface area (Å²) in [5, 5.41) is 13.2. The number of aliphatic hydroxyl groups is 1. The molecule has 2 aromatic heterocycles. The molecule has 1 N–H and O–H groups in total. The summed E-state index contributed by atoms with van der Waals surface area (Å²) in [5.74, 6) is -0.633. The molecule has 4 heterocycles. The number of aromatic nitrogens is 1. The molecule has 2 aliphatic heterocycles. The van der Waals surface area contributed by atoms with E-state index in [-0.39, 0.29) is 17.9 Å². The Morgan fingerprint density at radius 3 is 2.91 bits per heavy atom. The van der Waals surface area contributed by atoms with E-state index in [1.165, 1.54) is 16.2 Å². The summed E-state index contributed by atoms with van der Waals surface area (Å²) < 4.78 is 5.67. The molecule has 6 nitrogen and oxygen atoms in total. The van der Waals surface area contributed by atoms with Gasteiger partial charge in [-0.15, -0.1) is 11.3 Å². The third-order valence-corrected chi connectivity index (χ3v) is 7.02. The third kappa shape index (κ3) is 3.48. The number of amides is 1. The highest BCUT2D eigenvalue weighted by molar-refractivity contribution is 7.10. The van der Waals surface area contributed by atoms with Crippen LogP contribution in [-0.4, -0.2) is 33.3 Å². The molecular weight excluding hydrogens is 424 g/mol. The highest BCUT2D eigenvalue weighted by Crippen LogP contribution is 2.43. The number of carbonyl (C=O) groups is 2. The van der Waals surface area contributed by atoms with Gasteiger partial charge in [-0.05, 0) is 72.2 Å². The van der Waals surface area contributed by atoms with Crippen molar-refractivity contribution in [2.45, 2.75) is 32.4 Å². The number of rotatable bonds is 4. The largest absolute Gasteiger partial charge is 0.507 e. The molecule has 32 heavy (non-hydrogen) atoms. The average molecular weight is 447 g/mol.